The lowest BCUT2D eigenvalue weighted by atomic mass is 10.1. The molecular formula is C15H14BrF2NO. The maximum atomic E-state index is 13.5. The van der Waals surface area contributed by atoms with Gasteiger partial charge in [-0.2, -0.15) is 0 Å². The van der Waals surface area contributed by atoms with Crippen LogP contribution in [0.1, 0.15) is 11.1 Å². The standard InChI is InChI=1S/C15H14BrF2NO/c16-14-4-3-13(7-10(14)5-6-19)20-9-11-1-2-12(17)8-15(11)18/h1-4,7-8H,5-6,9,19H2. The molecule has 2 aromatic rings. The van der Waals surface area contributed by atoms with Crippen molar-refractivity contribution in [3.8, 4) is 5.75 Å². The predicted molar refractivity (Wildman–Crippen MR) is 77.6 cm³/mol. The predicted octanol–water partition coefficient (Wildman–Crippen LogP) is 3.81. The highest BCUT2D eigenvalue weighted by atomic mass is 79.9. The summed E-state index contributed by atoms with van der Waals surface area (Å²) < 4.78 is 32.8. The summed E-state index contributed by atoms with van der Waals surface area (Å²) >= 11 is 3.43. The van der Waals surface area contributed by atoms with E-state index in [2.05, 4.69) is 15.9 Å². The molecule has 0 aliphatic heterocycles. The van der Waals surface area contributed by atoms with Crippen LogP contribution in [-0.4, -0.2) is 6.54 Å². The van der Waals surface area contributed by atoms with E-state index in [-0.39, 0.29) is 6.61 Å². The third-order valence-corrected chi connectivity index (χ3v) is 3.61. The molecule has 2 aromatic carbocycles. The van der Waals surface area contributed by atoms with Crippen molar-refractivity contribution in [2.24, 2.45) is 5.73 Å². The minimum Gasteiger partial charge on any atom is -0.489 e. The number of hydrogen-bond acceptors (Lipinski definition) is 2. The van der Waals surface area contributed by atoms with Gasteiger partial charge in [0.15, 0.2) is 0 Å². The van der Waals surface area contributed by atoms with Crippen LogP contribution >= 0.6 is 15.9 Å². The number of nitrogens with two attached hydrogens (primary N) is 1. The van der Waals surface area contributed by atoms with Gasteiger partial charge in [0, 0.05) is 16.1 Å². The fourth-order valence-electron chi connectivity index (χ4n) is 1.79. The molecule has 0 saturated heterocycles. The fourth-order valence-corrected chi connectivity index (χ4v) is 2.23. The zero-order valence-electron chi connectivity index (χ0n) is 10.7. The smallest absolute Gasteiger partial charge is 0.132 e. The van der Waals surface area contributed by atoms with Gasteiger partial charge in [0.25, 0.3) is 0 Å². The first kappa shape index (κ1) is 14.9. The van der Waals surface area contributed by atoms with Crippen molar-refractivity contribution in [3.63, 3.8) is 0 Å². The summed E-state index contributed by atoms with van der Waals surface area (Å²) in [5.41, 5.74) is 6.88. The van der Waals surface area contributed by atoms with Gasteiger partial charge in [-0.05, 0) is 48.9 Å². The van der Waals surface area contributed by atoms with Crippen LogP contribution < -0.4 is 10.5 Å². The van der Waals surface area contributed by atoms with Crippen molar-refractivity contribution in [1.29, 1.82) is 0 Å². The Kier molecular flexibility index (Phi) is 5.09. The van der Waals surface area contributed by atoms with Crippen LogP contribution in [0.3, 0.4) is 0 Å². The summed E-state index contributed by atoms with van der Waals surface area (Å²) in [5.74, 6) is -0.579. The van der Waals surface area contributed by atoms with Crippen LogP contribution in [0.2, 0.25) is 0 Å². The third kappa shape index (κ3) is 3.77. The molecule has 0 fully saturated rings. The van der Waals surface area contributed by atoms with Gasteiger partial charge < -0.3 is 10.5 Å². The molecule has 0 heterocycles. The lowest BCUT2D eigenvalue weighted by Gasteiger charge is -2.10. The molecule has 20 heavy (non-hydrogen) atoms. The largest absolute Gasteiger partial charge is 0.489 e. The molecule has 2 rings (SSSR count). The van der Waals surface area contributed by atoms with E-state index in [1.807, 2.05) is 12.1 Å². The van der Waals surface area contributed by atoms with E-state index in [9.17, 15) is 8.78 Å². The average molecular weight is 342 g/mol. The highest BCUT2D eigenvalue weighted by Crippen LogP contribution is 2.24. The van der Waals surface area contributed by atoms with E-state index in [0.717, 1.165) is 22.5 Å². The monoisotopic (exact) mass is 341 g/mol. The molecule has 5 heteroatoms. The molecule has 106 valence electrons. The van der Waals surface area contributed by atoms with Crippen LogP contribution in [0, 0.1) is 11.6 Å². The molecule has 0 radical (unpaired) electrons. The molecule has 0 atom stereocenters. The summed E-state index contributed by atoms with van der Waals surface area (Å²) in [7, 11) is 0. The number of hydrogen-bond donors (Lipinski definition) is 1. The normalized spacial score (nSPS) is 10.6. The summed E-state index contributed by atoms with van der Waals surface area (Å²) in [4.78, 5) is 0. The van der Waals surface area contributed by atoms with Crippen LogP contribution in [0.25, 0.3) is 0 Å². The zero-order valence-corrected chi connectivity index (χ0v) is 12.3. The number of ether oxygens (including phenoxy) is 1. The maximum absolute atomic E-state index is 13.5. The van der Waals surface area contributed by atoms with Gasteiger partial charge in [0.05, 0.1) is 0 Å². The van der Waals surface area contributed by atoms with Crippen molar-refractivity contribution in [1.82, 2.24) is 0 Å². The average Bonchev–Trinajstić information content (AvgIpc) is 2.41. The first-order chi connectivity index (χ1) is 9.60. The van der Waals surface area contributed by atoms with Crippen LogP contribution in [0.15, 0.2) is 40.9 Å². The lowest BCUT2D eigenvalue weighted by Crippen LogP contribution is -2.04. The van der Waals surface area contributed by atoms with Crippen molar-refractivity contribution in [2.45, 2.75) is 13.0 Å². The number of benzene rings is 2. The van der Waals surface area contributed by atoms with E-state index in [4.69, 9.17) is 10.5 Å². The Morgan fingerprint density at radius 1 is 1.05 bits per heavy atom. The molecule has 0 spiro atoms. The first-order valence-corrected chi connectivity index (χ1v) is 6.94. The zero-order chi connectivity index (χ0) is 14.5. The van der Waals surface area contributed by atoms with Gasteiger partial charge >= 0.3 is 0 Å². The Morgan fingerprint density at radius 3 is 2.55 bits per heavy atom. The van der Waals surface area contributed by atoms with E-state index in [0.29, 0.717) is 17.9 Å². The van der Waals surface area contributed by atoms with E-state index in [1.165, 1.54) is 12.1 Å². The highest BCUT2D eigenvalue weighted by Gasteiger charge is 2.06. The minimum absolute atomic E-state index is 0.0514. The fraction of sp³-hybridized carbons (Fsp3) is 0.200. The summed E-state index contributed by atoms with van der Waals surface area (Å²) in [6, 6.07) is 8.94. The SMILES string of the molecule is NCCc1cc(OCc2ccc(F)cc2F)ccc1Br. The second-order valence-corrected chi connectivity index (χ2v) is 5.17. The van der Waals surface area contributed by atoms with E-state index < -0.39 is 11.6 Å². The van der Waals surface area contributed by atoms with Crippen LogP contribution in [-0.2, 0) is 13.0 Å². The second kappa shape index (κ2) is 6.81. The molecule has 2 nitrogen and oxygen atoms in total. The van der Waals surface area contributed by atoms with Gasteiger partial charge in [0.2, 0.25) is 0 Å². The lowest BCUT2D eigenvalue weighted by molar-refractivity contribution is 0.299. The van der Waals surface area contributed by atoms with Gasteiger partial charge in [-0.15, -0.1) is 0 Å². The quantitative estimate of drug-likeness (QED) is 0.897. The van der Waals surface area contributed by atoms with Crippen molar-refractivity contribution in [3.05, 3.63) is 63.6 Å². The highest BCUT2D eigenvalue weighted by molar-refractivity contribution is 9.10. The van der Waals surface area contributed by atoms with Gasteiger partial charge in [-0.3, -0.25) is 0 Å². The Bertz CT molecular complexity index is 604. The topological polar surface area (TPSA) is 35.2 Å². The van der Waals surface area contributed by atoms with Crippen LogP contribution in [0.5, 0.6) is 5.75 Å². The van der Waals surface area contributed by atoms with Crippen molar-refractivity contribution >= 4 is 15.9 Å². The first-order valence-electron chi connectivity index (χ1n) is 6.15. The maximum Gasteiger partial charge on any atom is 0.132 e. The van der Waals surface area contributed by atoms with Gasteiger partial charge in [-0.1, -0.05) is 15.9 Å². The summed E-state index contributed by atoms with van der Waals surface area (Å²) in [5, 5.41) is 0. The Balaban J connectivity index is 2.08. The molecule has 0 saturated carbocycles. The second-order valence-electron chi connectivity index (χ2n) is 4.32. The number of halogens is 3. The molecule has 0 bridgehead atoms. The molecule has 0 unspecified atom stereocenters. The molecule has 2 N–H and O–H groups in total. The van der Waals surface area contributed by atoms with Gasteiger partial charge in [0.1, 0.15) is 24.0 Å². The Labute approximate surface area is 124 Å². The third-order valence-electron chi connectivity index (χ3n) is 2.84. The minimum atomic E-state index is -0.607. The summed E-state index contributed by atoms with van der Waals surface area (Å²) in [6.45, 7) is 0.588. The molecule has 0 aliphatic carbocycles. The van der Waals surface area contributed by atoms with Crippen molar-refractivity contribution < 1.29 is 13.5 Å². The molecular weight excluding hydrogens is 328 g/mol. The van der Waals surface area contributed by atoms with Crippen molar-refractivity contribution in [2.75, 3.05) is 6.54 Å². The Morgan fingerprint density at radius 2 is 1.85 bits per heavy atom. The molecule has 0 amide bonds. The molecule has 0 aliphatic rings. The van der Waals surface area contributed by atoms with E-state index in [1.54, 1.807) is 6.07 Å². The van der Waals surface area contributed by atoms with E-state index >= 15 is 0 Å². The number of rotatable bonds is 5. The Hall–Kier alpha value is -1.46. The van der Waals surface area contributed by atoms with Crippen LogP contribution in [0.4, 0.5) is 8.78 Å². The van der Waals surface area contributed by atoms with Gasteiger partial charge in [-0.25, -0.2) is 8.78 Å². The molecule has 0 aromatic heterocycles. The summed E-state index contributed by atoms with van der Waals surface area (Å²) in [6.07, 6.45) is 0.725.